The Morgan fingerprint density at radius 2 is 2.04 bits per heavy atom. The van der Waals surface area contributed by atoms with Crippen LogP contribution in [0.25, 0.3) is 11.0 Å². The number of nitrogens with zero attached hydrogens (tertiary/aromatic N) is 2. The number of methoxy groups -OCH3 is 1. The summed E-state index contributed by atoms with van der Waals surface area (Å²) in [6, 6.07) is 10.7. The van der Waals surface area contributed by atoms with E-state index in [-0.39, 0.29) is 24.0 Å². The molecule has 140 valence electrons. The molecule has 0 aliphatic heterocycles. The number of fused-ring (bicyclic) bond motifs is 1. The van der Waals surface area contributed by atoms with Crippen molar-refractivity contribution >= 4 is 16.9 Å². The van der Waals surface area contributed by atoms with E-state index >= 15 is 0 Å². The van der Waals surface area contributed by atoms with E-state index in [4.69, 9.17) is 4.74 Å². The number of ether oxygens (including phenoxy) is 1. The fourth-order valence-electron chi connectivity index (χ4n) is 2.88. The molecule has 7 heteroatoms. The van der Waals surface area contributed by atoms with Gasteiger partial charge in [0.05, 0.1) is 13.2 Å². The highest BCUT2D eigenvalue weighted by molar-refractivity contribution is 5.97. The molecule has 2 aromatic heterocycles. The van der Waals surface area contributed by atoms with Crippen LogP contribution in [0.2, 0.25) is 0 Å². The molecule has 0 spiro atoms. The highest BCUT2D eigenvalue weighted by Gasteiger charge is 2.18. The van der Waals surface area contributed by atoms with Crippen LogP contribution >= 0.6 is 0 Å². The van der Waals surface area contributed by atoms with Gasteiger partial charge in [0.2, 0.25) is 0 Å². The second-order valence-electron chi connectivity index (χ2n) is 6.32. The molecule has 0 aliphatic carbocycles. The highest BCUT2D eigenvalue weighted by atomic mass is 19.1. The predicted molar refractivity (Wildman–Crippen MR) is 100 cm³/mol. The maximum Gasteiger partial charge on any atom is 0.265 e. The predicted octanol–water partition coefficient (Wildman–Crippen LogP) is 2.35. The Morgan fingerprint density at radius 3 is 2.74 bits per heavy atom. The van der Waals surface area contributed by atoms with E-state index in [0.717, 1.165) is 5.56 Å². The minimum atomic E-state index is -0.469. The molecule has 27 heavy (non-hydrogen) atoms. The maximum absolute atomic E-state index is 13.2. The summed E-state index contributed by atoms with van der Waals surface area (Å²) in [5.74, 6) is -0.822. The van der Waals surface area contributed by atoms with E-state index < -0.39 is 11.5 Å². The summed E-state index contributed by atoms with van der Waals surface area (Å²) >= 11 is 0. The van der Waals surface area contributed by atoms with Crippen LogP contribution in [0.1, 0.15) is 22.8 Å². The van der Waals surface area contributed by atoms with Gasteiger partial charge < -0.3 is 10.1 Å². The topological polar surface area (TPSA) is 73.2 Å². The molecular weight excluding hydrogens is 349 g/mol. The van der Waals surface area contributed by atoms with Crippen molar-refractivity contribution < 1.29 is 13.9 Å². The van der Waals surface area contributed by atoms with Gasteiger partial charge in [-0.15, -0.1) is 0 Å². The van der Waals surface area contributed by atoms with Crippen molar-refractivity contribution in [2.75, 3.05) is 13.7 Å². The van der Waals surface area contributed by atoms with Gasteiger partial charge in [-0.05, 0) is 42.8 Å². The van der Waals surface area contributed by atoms with Crippen LogP contribution in [0.15, 0.2) is 53.5 Å². The van der Waals surface area contributed by atoms with Crippen molar-refractivity contribution in [3.63, 3.8) is 0 Å². The average molecular weight is 369 g/mol. The molecule has 1 N–H and O–H groups in total. The van der Waals surface area contributed by atoms with Crippen molar-refractivity contribution in [2.24, 2.45) is 0 Å². The van der Waals surface area contributed by atoms with Crippen molar-refractivity contribution in [3.8, 4) is 0 Å². The first-order chi connectivity index (χ1) is 13.0. The van der Waals surface area contributed by atoms with Gasteiger partial charge in [-0.3, -0.25) is 14.2 Å². The Hall–Kier alpha value is -3.06. The summed E-state index contributed by atoms with van der Waals surface area (Å²) in [6.45, 7) is 2.31. The van der Waals surface area contributed by atoms with Crippen LogP contribution in [0, 0.1) is 5.82 Å². The zero-order valence-corrected chi connectivity index (χ0v) is 15.1. The van der Waals surface area contributed by atoms with Gasteiger partial charge in [-0.1, -0.05) is 12.1 Å². The minimum Gasteiger partial charge on any atom is -0.383 e. The van der Waals surface area contributed by atoms with E-state index in [9.17, 15) is 14.0 Å². The molecule has 1 aromatic carbocycles. The number of carbonyl (C=O) groups excluding carboxylic acids is 1. The second-order valence-corrected chi connectivity index (χ2v) is 6.32. The summed E-state index contributed by atoms with van der Waals surface area (Å²) in [5.41, 5.74) is 0.775. The van der Waals surface area contributed by atoms with Crippen LogP contribution in [0.3, 0.4) is 0 Å². The van der Waals surface area contributed by atoms with Crippen LogP contribution in [-0.2, 0) is 11.3 Å². The summed E-state index contributed by atoms with van der Waals surface area (Å²) in [4.78, 5) is 29.9. The third-order valence-electron chi connectivity index (χ3n) is 4.14. The summed E-state index contributed by atoms with van der Waals surface area (Å²) in [6.07, 6.45) is 1.59. The summed E-state index contributed by atoms with van der Waals surface area (Å²) in [7, 11) is 1.54. The fraction of sp³-hybridized carbons (Fsp3) is 0.250. The van der Waals surface area contributed by atoms with Crippen molar-refractivity contribution in [1.29, 1.82) is 0 Å². The molecule has 0 saturated carbocycles. The van der Waals surface area contributed by atoms with E-state index in [1.54, 1.807) is 50.6 Å². The molecule has 0 aliphatic rings. The largest absolute Gasteiger partial charge is 0.383 e. The first kappa shape index (κ1) is 18.7. The molecule has 2 heterocycles. The number of hydrogen-bond acceptors (Lipinski definition) is 4. The van der Waals surface area contributed by atoms with Crippen molar-refractivity contribution in [3.05, 3.63) is 76.0 Å². The molecular formula is C20H20FN3O3. The number of benzene rings is 1. The SMILES string of the molecule is COCC(C)NC(=O)c1cc2cccnc2n(Cc2ccc(F)cc2)c1=O. The number of rotatable bonds is 6. The molecule has 1 unspecified atom stereocenters. The molecule has 1 amide bonds. The lowest BCUT2D eigenvalue weighted by atomic mass is 10.1. The lowest BCUT2D eigenvalue weighted by Gasteiger charge is -2.15. The number of carbonyl (C=O) groups is 1. The molecule has 0 bridgehead atoms. The van der Waals surface area contributed by atoms with E-state index in [2.05, 4.69) is 10.3 Å². The molecule has 1 atom stereocenters. The van der Waals surface area contributed by atoms with Gasteiger partial charge in [-0.25, -0.2) is 9.37 Å². The first-order valence-corrected chi connectivity index (χ1v) is 8.52. The minimum absolute atomic E-state index is 0.0283. The smallest absolute Gasteiger partial charge is 0.265 e. The molecule has 6 nitrogen and oxygen atoms in total. The first-order valence-electron chi connectivity index (χ1n) is 8.52. The van der Waals surface area contributed by atoms with E-state index in [1.165, 1.54) is 16.7 Å². The molecule has 3 rings (SSSR count). The Labute approximate surface area is 155 Å². The Morgan fingerprint density at radius 1 is 1.30 bits per heavy atom. The molecule has 0 fully saturated rings. The number of aromatic nitrogens is 2. The number of hydrogen-bond donors (Lipinski definition) is 1. The summed E-state index contributed by atoms with van der Waals surface area (Å²) < 4.78 is 19.6. The van der Waals surface area contributed by atoms with Crippen LogP contribution in [0.5, 0.6) is 0 Å². The van der Waals surface area contributed by atoms with E-state index in [1.807, 2.05) is 0 Å². The van der Waals surface area contributed by atoms with Gasteiger partial charge in [0.1, 0.15) is 17.0 Å². The molecule has 0 radical (unpaired) electrons. The normalized spacial score (nSPS) is 12.1. The van der Waals surface area contributed by atoms with Crippen LogP contribution in [-0.4, -0.2) is 35.2 Å². The zero-order valence-electron chi connectivity index (χ0n) is 15.1. The standard InChI is InChI=1S/C20H20FN3O3/c1-13(12-27-2)23-19(25)17-10-15-4-3-9-22-18(15)24(20(17)26)11-14-5-7-16(21)8-6-14/h3-10,13H,11-12H2,1-2H3,(H,23,25). The van der Waals surface area contributed by atoms with Gasteiger partial charge in [0.15, 0.2) is 0 Å². The number of halogens is 1. The van der Waals surface area contributed by atoms with Gasteiger partial charge >= 0.3 is 0 Å². The number of pyridine rings is 2. The van der Waals surface area contributed by atoms with Crippen molar-refractivity contribution in [1.82, 2.24) is 14.9 Å². The number of amides is 1. The third kappa shape index (κ3) is 4.20. The molecule has 0 saturated heterocycles. The maximum atomic E-state index is 13.2. The zero-order chi connectivity index (χ0) is 19.4. The third-order valence-corrected chi connectivity index (χ3v) is 4.14. The highest BCUT2D eigenvalue weighted by Crippen LogP contribution is 2.13. The Balaban J connectivity index is 2.05. The summed E-state index contributed by atoms with van der Waals surface area (Å²) in [5, 5.41) is 3.42. The van der Waals surface area contributed by atoms with Crippen LogP contribution in [0.4, 0.5) is 4.39 Å². The van der Waals surface area contributed by atoms with Gasteiger partial charge in [0, 0.05) is 24.7 Å². The van der Waals surface area contributed by atoms with Gasteiger partial charge in [0.25, 0.3) is 11.5 Å². The lowest BCUT2D eigenvalue weighted by molar-refractivity contribution is 0.0903. The average Bonchev–Trinajstić information content (AvgIpc) is 2.65. The Bertz CT molecular complexity index is 1020. The van der Waals surface area contributed by atoms with Gasteiger partial charge in [-0.2, -0.15) is 0 Å². The lowest BCUT2D eigenvalue weighted by Crippen LogP contribution is -2.39. The monoisotopic (exact) mass is 369 g/mol. The molecule has 3 aromatic rings. The quantitative estimate of drug-likeness (QED) is 0.724. The van der Waals surface area contributed by atoms with Crippen LogP contribution < -0.4 is 10.9 Å². The van der Waals surface area contributed by atoms with E-state index in [0.29, 0.717) is 17.6 Å². The fourth-order valence-corrected chi connectivity index (χ4v) is 2.88. The Kier molecular flexibility index (Phi) is 5.61. The second kappa shape index (κ2) is 8.09. The number of nitrogens with one attached hydrogen (secondary N) is 1. The van der Waals surface area contributed by atoms with Crippen molar-refractivity contribution in [2.45, 2.75) is 19.5 Å².